The molecule has 3 nitrogen and oxygen atoms in total. The Morgan fingerprint density at radius 1 is 1.26 bits per heavy atom. The van der Waals surface area contributed by atoms with Crippen LogP contribution in [-0.4, -0.2) is 30.1 Å². The highest BCUT2D eigenvalue weighted by Crippen LogP contribution is 2.34. The van der Waals surface area contributed by atoms with E-state index in [1.807, 2.05) is 0 Å². The maximum absolute atomic E-state index is 13.0. The number of fused-ring (bicyclic) bond motifs is 1. The van der Waals surface area contributed by atoms with Gasteiger partial charge in [-0.2, -0.15) is 0 Å². The van der Waals surface area contributed by atoms with Gasteiger partial charge in [-0.25, -0.2) is 8.78 Å². The zero-order valence-corrected chi connectivity index (χ0v) is 10.8. The van der Waals surface area contributed by atoms with Crippen LogP contribution in [0.5, 0.6) is 0 Å². The highest BCUT2D eigenvalue weighted by molar-refractivity contribution is 5.59. The molecule has 2 aliphatic rings. The molecule has 2 saturated heterocycles. The standard InChI is InChI=1S/C14H19F2N3/c15-14(16)10-8-9(17)3-4-11(10)18-12-5-7-19-6-1-2-13(12)19/h3-4,8,12-14,18H,1-2,5-7,17H2. The smallest absolute Gasteiger partial charge is 0.265 e. The summed E-state index contributed by atoms with van der Waals surface area (Å²) in [5, 5.41) is 3.31. The molecule has 0 saturated carbocycles. The molecule has 1 aromatic carbocycles. The van der Waals surface area contributed by atoms with E-state index < -0.39 is 6.43 Å². The Morgan fingerprint density at radius 3 is 2.89 bits per heavy atom. The predicted molar refractivity (Wildman–Crippen MR) is 72.4 cm³/mol. The van der Waals surface area contributed by atoms with Gasteiger partial charge in [0.2, 0.25) is 0 Å². The molecule has 2 atom stereocenters. The van der Waals surface area contributed by atoms with E-state index in [0.717, 1.165) is 25.9 Å². The number of nitrogens with one attached hydrogen (secondary N) is 1. The fourth-order valence-corrected chi connectivity index (χ4v) is 3.34. The van der Waals surface area contributed by atoms with Gasteiger partial charge in [-0.1, -0.05) is 0 Å². The first-order valence-corrected chi connectivity index (χ1v) is 6.83. The molecule has 2 unspecified atom stereocenters. The Morgan fingerprint density at radius 2 is 2.11 bits per heavy atom. The van der Waals surface area contributed by atoms with Gasteiger partial charge in [0.15, 0.2) is 0 Å². The highest BCUT2D eigenvalue weighted by Gasteiger charge is 2.37. The van der Waals surface area contributed by atoms with Crippen molar-refractivity contribution in [3.63, 3.8) is 0 Å². The number of hydrogen-bond acceptors (Lipinski definition) is 3. The second-order valence-corrected chi connectivity index (χ2v) is 5.43. The van der Waals surface area contributed by atoms with Gasteiger partial charge in [-0.05, 0) is 44.0 Å². The van der Waals surface area contributed by atoms with Crippen molar-refractivity contribution in [1.82, 2.24) is 4.90 Å². The van der Waals surface area contributed by atoms with E-state index in [9.17, 15) is 8.78 Å². The minimum absolute atomic E-state index is 0.0106. The van der Waals surface area contributed by atoms with Crippen molar-refractivity contribution in [1.29, 1.82) is 0 Å². The molecule has 3 rings (SSSR count). The highest BCUT2D eigenvalue weighted by atomic mass is 19.3. The van der Waals surface area contributed by atoms with Crippen LogP contribution < -0.4 is 11.1 Å². The van der Waals surface area contributed by atoms with Gasteiger partial charge >= 0.3 is 0 Å². The number of benzene rings is 1. The molecule has 0 bridgehead atoms. The Labute approximate surface area is 111 Å². The Bertz CT molecular complexity index is 464. The summed E-state index contributed by atoms with van der Waals surface area (Å²) >= 11 is 0. The number of nitrogens with zero attached hydrogens (tertiary/aromatic N) is 1. The van der Waals surface area contributed by atoms with Gasteiger partial charge in [-0.15, -0.1) is 0 Å². The summed E-state index contributed by atoms with van der Waals surface area (Å²) in [6, 6.07) is 5.50. The number of halogens is 2. The third-order valence-corrected chi connectivity index (χ3v) is 4.26. The average Bonchev–Trinajstić information content (AvgIpc) is 2.96. The topological polar surface area (TPSA) is 41.3 Å². The van der Waals surface area contributed by atoms with Crippen LogP contribution >= 0.6 is 0 Å². The molecular formula is C14H19F2N3. The van der Waals surface area contributed by atoms with E-state index >= 15 is 0 Å². The molecular weight excluding hydrogens is 248 g/mol. The van der Waals surface area contributed by atoms with Crippen LogP contribution in [0.2, 0.25) is 0 Å². The average molecular weight is 267 g/mol. The molecule has 5 heteroatoms. The number of hydrogen-bond donors (Lipinski definition) is 2. The van der Waals surface area contributed by atoms with Crippen LogP contribution in [0.1, 0.15) is 31.3 Å². The fraction of sp³-hybridized carbons (Fsp3) is 0.571. The van der Waals surface area contributed by atoms with Crippen molar-refractivity contribution < 1.29 is 8.78 Å². The number of nitrogens with two attached hydrogens (primary N) is 1. The molecule has 3 N–H and O–H groups in total. The number of alkyl halides is 2. The van der Waals surface area contributed by atoms with E-state index in [1.165, 1.54) is 12.5 Å². The molecule has 2 aliphatic heterocycles. The lowest BCUT2D eigenvalue weighted by molar-refractivity contribution is 0.152. The molecule has 0 spiro atoms. The van der Waals surface area contributed by atoms with Gasteiger partial charge in [-0.3, -0.25) is 4.90 Å². The first-order valence-electron chi connectivity index (χ1n) is 6.83. The summed E-state index contributed by atoms with van der Waals surface area (Å²) in [6.07, 6.45) is 0.910. The summed E-state index contributed by atoms with van der Waals surface area (Å²) in [4.78, 5) is 2.46. The van der Waals surface area contributed by atoms with Crippen molar-refractivity contribution in [2.45, 2.75) is 37.8 Å². The molecule has 0 aliphatic carbocycles. The zero-order chi connectivity index (χ0) is 13.4. The van der Waals surface area contributed by atoms with Gasteiger partial charge < -0.3 is 11.1 Å². The summed E-state index contributed by atoms with van der Waals surface area (Å²) < 4.78 is 26.1. The van der Waals surface area contributed by atoms with Crippen LogP contribution in [0, 0.1) is 0 Å². The Balaban J connectivity index is 1.79. The third kappa shape index (κ3) is 2.39. The first kappa shape index (κ1) is 12.7. The van der Waals surface area contributed by atoms with E-state index in [2.05, 4.69) is 10.2 Å². The molecule has 104 valence electrons. The van der Waals surface area contributed by atoms with Crippen molar-refractivity contribution in [2.24, 2.45) is 0 Å². The molecule has 0 aromatic heterocycles. The van der Waals surface area contributed by atoms with Crippen LogP contribution in [0.3, 0.4) is 0 Å². The van der Waals surface area contributed by atoms with Gasteiger partial charge in [0.25, 0.3) is 6.43 Å². The molecule has 1 aromatic rings. The molecule has 2 heterocycles. The van der Waals surface area contributed by atoms with E-state index in [4.69, 9.17) is 5.73 Å². The maximum Gasteiger partial charge on any atom is 0.265 e. The minimum Gasteiger partial charge on any atom is -0.399 e. The van der Waals surface area contributed by atoms with Crippen LogP contribution in [0.15, 0.2) is 18.2 Å². The van der Waals surface area contributed by atoms with E-state index in [-0.39, 0.29) is 11.6 Å². The summed E-state index contributed by atoms with van der Waals surface area (Å²) in [6.45, 7) is 2.22. The number of nitrogen functional groups attached to an aromatic ring is 1. The Hall–Kier alpha value is -1.36. The van der Waals surface area contributed by atoms with Crippen molar-refractivity contribution in [2.75, 3.05) is 24.1 Å². The maximum atomic E-state index is 13.0. The second-order valence-electron chi connectivity index (χ2n) is 5.43. The van der Waals surface area contributed by atoms with Gasteiger partial charge in [0, 0.05) is 35.6 Å². The monoisotopic (exact) mass is 267 g/mol. The van der Waals surface area contributed by atoms with E-state index in [0.29, 0.717) is 17.4 Å². The fourth-order valence-electron chi connectivity index (χ4n) is 3.34. The molecule has 0 radical (unpaired) electrons. The zero-order valence-electron chi connectivity index (χ0n) is 10.8. The van der Waals surface area contributed by atoms with Crippen LogP contribution in [0.25, 0.3) is 0 Å². The SMILES string of the molecule is Nc1ccc(NC2CCN3CCCC23)c(C(F)F)c1. The summed E-state index contributed by atoms with van der Waals surface area (Å²) in [5.41, 5.74) is 6.51. The molecule has 19 heavy (non-hydrogen) atoms. The molecule has 0 amide bonds. The first-order chi connectivity index (χ1) is 9.15. The number of rotatable bonds is 3. The van der Waals surface area contributed by atoms with Crippen molar-refractivity contribution in [3.8, 4) is 0 Å². The molecule has 2 fully saturated rings. The summed E-state index contributed by atoms with van der Waals surface area (Å²) in [7, 11) is 0. The lowest BCUT2D eigenvalue weighted by atomic mass is 10.0. The predicted octanol–water partition coefficient (Wildman–Crippen LogP) is 2.86. The summed E-state index contributed by atoms with van der Waals surface area (Å²) in [5.74, 6) is 0. The number of anilines is 2. The Kier molecular flexibility index (Phi) is 3.31. The minimum atomic E-state index is -2.49. The largest absolute Gasteiger partial charge is 0.399 e. The second kappa shape index (κ2) is 4.96. The van der Waals surface area contributed by atoms with Gasteiger partial charge in [0.05, 0.1) is 0 Å². The van der Waals surface area contributed by atoms with Crippen LogP contribution in [-0.2, 0) is 0 Å². The van der Waals surface area contributed by atoms with Crippen molar-refractivity contribution >= 4 is 11.4 Å². The lowest BCUT2D eigenvalue weighted by Gasteiger charge is -2.23. The quantitative estimate of drug-likeness (QED) is 0.827. The van der Waals surface area contributed by atoms with Gasteiger partial charge in [0.1, 0.15) is 0 Å². The normalized spacial score (nSPS) is 26.9. The van der Waals surface area contributed by atoms with Crippen LogP contribution in [0.4, 0.5) is 20.2 Å². The third-order valence-electron chi connectivity index (χ3n) is 4.26. The lowest BCUT2D eigenvalue weighted by Crippen LogP contribution is -2.34. The van der Waals surface area contributed by atoms with E-state index in [1.54, 1.807) is 12.1 Å². The van der Waals surface area contributed by atoms with Crippen molar-refractivity contribution in [3.05, 3.63) is 23.8 Å².